The number of benzene rings is 1. The first kappa shape index (κ1) is 18.7. The Balaban J connectivity index is 1.37. The van der Waals surface area contributed by atoms with Gasteiger partial charge in [0.1, 0.15) is 6.54 Å². The second kappa shape index (κ2) is 7.16. The number of hydrogen-bond acceptors (Lipinski definition) is 3. The van der Waals surface area contributed by atoms with Crippen LogP contribution >= 0.6 is 0 Å². The van der Waals surface area contributed by atoms with Gasteiger partial charge in [0.15, 0.2) is 0 Å². The van der Waals surface area contributed by atoms with Crippen molar-refractivity contribution in [1.29, 1.82) is 0 Å². The highest BCUT2D eigenvalue weighted by atomic mass is 16.2. The summed E-state index contributed by atoms with van der Waals surface area (Å²) in [6, 6.07) is 13.1. The number of anilines is 1. The summed E-state index contributed by atoms with van der Waals surface area (Å²) >= 11 is 0. The lowest BCUT2D eigenvalue weighted by atomic mass is 9.83. The number of piperidine rings is 1. The van der Waals surface area contributed by atoms with Gasteiger partial charge in [-0.3, -0.25) is 14.4 Å². The molecule has 4 heterocycles. The monoisotopic (exact) mass is 404 g/mol. The maximum absolute atomic E-state index is 13.1. The van der Waals surface area contributed by atoms with Crippen molar-refractivity contribution in [3.63, 3.8) is 0 Å². The fraction of sp³-hybridized carbons (Fsp3) is 0.348. The number of nitrogens with one attached hydrogen (secondary N) is 1. The van der Waals surface area contributed by atoms with Gasteiger partial charge in [-0.15, -0.1) is 0 Å². The Morgan fingerprint density at radius 2 is 1.90 bits per heavy atom. The first-order valence-electron chi connectivity index (χ1n) is 10.3. The smallest absolute Gasteiger partial charge is 0.250 e. The molecule has 3 aromatic rings. The van der Waals surface area contributed by atoms with Crippen LogP contribution in [0.5, 0.6) is 0 Å². The molecule has 7 nitrogen and oxygen atoms in total. The average molecular weight is 404 g/mol. The first-order valence-corrected chi connectivity index (χ1v) is 10.3. The minimum Gasteiger partial charge on any atom is -0.340 e. The molecular weight excluding hydrogens is 380 g/mol. The molecule has 1 saturated heterocycles. The third-order valence-electron chi connectivity index (χ3n) is 6.26. The fourth-order valence-electron chi connectivity index (χ4n) is 5.01. The Morgan fingerprint density at radius 1 is 1.07 bits per heavy atom. The molecule has 30 heavy (non-hydrogen) atoms. The summed E-state index contributed by atoms with van der Waals surface area (Å²) in [5, 5.41) is 3.76. The van der Waals surface area contributed by atoms with E-state index >= 15 is 0 Å². The van der Waals surface area contributed by atoms with E-state index in [4.69, 9.17) is 0 Å². The van der Waals surface area contributed by atoms with Crippen LogP contribution in [0, 0.1) is 5.92 Å². The van der Waals surface area contributed by atoms with Gasteiger partial charge in [-0.05, 0) is 36.6 Å². The molecule has 2 aliphatic rings. The molecule has 0 aliphatic carbocycles. The van der Waals surface area contributed by atoms with E-state index in [9.17, 15) is 14.4 Å². The normalized spacial score (nSPS) is 20.1. The van der Waals surface area contributed by atoms with E-state index in [2.05, 4.69) is 5.32 Å². The van der Waals surface area contributed by atoms with Crippen molar-refractivity contribution < 1.29 is 9.59 Å². The van der Waals surface area contributed by atoms with Crippen molar-refractivity contribution in [2.75, 3.05) is 18.4 Å². The summed E-state index contributed by atoms with van der Waals surface area (Å²) in [6.07, 6.45) is 2.92. The zero-order valence-corrected chi connectivity index (χ0v) is 16.9. The number of pyridine rings is 1. The number of nitrogens with zero attached hydrogens (tertiary/aromatic N) is 3. The molecule has 2 aliphatic heterocycles. The van der Waals surface area contributed by atoms with Crippen molar-refractivity contribution in [3.05, 3.63) is 64.7 Å². The molecule has 154 valence electrons. The van der Waals surface area contributed by atoms with Gasteiger partial charge >= 0.3 is 0 Å². The van der Waals surface area contributed by atoms with E-state index in [0.29, 0.717) is 25.6 Å². The quantitative estimate of drug-likeness (QED) is 0.728. The van der Waals surface area contributed by atoms with Gasteiger partial charge in [-0.25, -0.2) is 0 Å². The highest BCUT2D eigenvalue weighted by Gasteiger charge is 2.36. The lowest BCUT2D eigenvalue weighted by Crippen LogP contribution is -2.49. The van der Waals surface area contributed by atoms with Crippen LogP contribution in [0.2, 0.25) is 0 Å². The Hall–Kier alpha value is -3.35. The second-order valence-electron chi connectivity index (χ2n) is 8.36. The van der Waals surface area contributed by atoms with E-state index in [1.165, 1.54) is 6.92 Å². The van der Waals surface area contributed by atoms with Gasteiger partial charge in [-0.2, -0.15) is 0 Å². The summed E-state index contributed by atoms with van der Waals surface area (Å²) in [5.74, 6) is 0.487. The van der Waals surface area contributed by atoms with E-state index < -0.39 is 0 Å². The average Bonchev–Trinajstić information content (AvgIpc) is 3.12. The van der Waals surface area contributed by atoms with Crippen LogP contribution in [0.25, 0.3) is 10.9 Å². The number of rotatable bonds is 3. The number of carbonyl (C=O) groups excluding carboxylic acids is 2. The van der Waals surface area contributed by atoms with E-state index in [-0.39, 0.29) is 29.8 Å². The van der Waals surface area contributed by atoms with Gasteiger partial charge in [0, 0.05) is 55.8 Å². The van der Waals surface area contributed by atoms with Crippen molar-refractivity contribution >= 4 is 28.4 Å². The molecular formula is C23H24N4O3. The Labute approximate surface area is 173 Å². The Kier molecular flexibility index (Phi) is 4.46. The Bertz CT molecular complexity index is 1210. The van der Waals surface area contributed by atoms with Gasteiger partial charge in [-0.1, -0.05) is 12.1 Å². The molecule has 1 aromatic carbocycles. The second-order valence-corrected chi connectivity index (χ2v) is 8.36. The predicted octanol–water partition coefficient (Wildman–Crippen LogP) is 2.41. The first-order chi connectivity index (χ1) is 14.5. The molecule has 0 spiro atoms. The van der Waals surface area contributed by atoms with Crippen LogP contribution in [0.3, 0.4) is 0 Å². The molecule has 2 aromatic heterocycles. The van der Waals surface area contributed by atoms with Crippen LogP contribution in [0.15, 0.2) is 53.5 Å². The van der Waals surface area contributed by atoms with Crippen LogP contribution in [0.4, 0.5) is 5.69 Å². The summed E-state index contributed by atoms with van der Waals surface area (Å²) in [5.41, 5.74) is 2.77. The highest BCUT2D eigenvalue weighted by molar-refractivity contribution is 6.01. The molecule has 5 rings (SSSR count). The number of fused-ring (bicyclic) bond motifs is 5. The van der Waals surface area contributed by atoms with E-state index in [0.717, 1.165) is 28.7 Å². The molecule has 2 bridgehead atoms. The third-order valence-corrected chi connectivity index (χ3v) is 6.26. The summed E-state index contributed by atoms with van der Waals surface area (Å²) in [7, 11) is 0. The molecule has 2 atom stereocenters. The number of aromatic nitrogens is 2. The van der Waals surface area contributed by atoms with Crippen molar-refractivity contribution in [1.82, 2.24) is 14.0 Å². The third kappa shape index (κ3) is 3.20. The Morgan fingerprint density at radius 3 is 2.73 bits per heavy atom. The molecule has 7 heteroatoms. The SMILES string of the molecule is CC(=O)Nc1cccc2c1ccn2CC(=O)N1C[C@@H]2C[C@H](C1)c1cccc(=O)n1C2. The largest absolute Gasteiger partial charge is 0.340 e. The molecule has 0 radical (unpaired) electrons. The summed E-state index contributed by atoms with van der Waals surface area (Å²) in [4.78, 5) is 38.7. The maximum Gasteiger partial charge on any atom is 0.250 e. The van der Waals surface area contributed by atoms with E-state index in [1.807, 2.05) is 56.6 Å². The van der Waals surface area contributed by atoms with Gasteiger partial charge in [0.25, 0.3) is 5.56 Å². The zero-order chi connectivity index (χ0) is 20.8. The van der Waals surface area contributed by atoms with Crippen molar-refractivity contribution in [2.45, 2.75) is 32.4 Å². The highest BCUT2D eigenvalue weighted by Crippen LogP contribution is 2.35. The number of amides is 2. The molecule has 1 N–H and O–H groups in total. The predicted molar refractivity (Wildman–Crippen MR) is 114 cm³/mol. The molecule has 2 amide bonds. The van der Waals surface area contributed by atoms with Crippen LogP contribution < -0.4 is 10.9 Å². The lowest BCUT2D eigenvalue weighted by Gasteiger charge is -2.42. The van der Waals surface area contributed by atoms with Crippen LogP contribution in [-0.2, 0) is 22.7 Å². The lowest BCUT2D eigenvalue weighted by molar-refractivity contribution is -0.134. The fourth-order valence-corrected chi connectivity index (χ4v) is 5.01. The standard InChI is InChI=1S/C23H24N4O3/c1-15(28)24-19-4-2-6-21-18(19)8-9-25(21)14-23(30)26-11-16-10-17(13-26)20-5-3-7-22(29)27(20)12-16/h2-9,16-17H,10-14H2,1H3,(H,24,28)/t16-,17+/m0/s1. The van der Waals surface area contributed by atoms with Gasteiger partial charge in [0.05, 0.1) is 11.2 Å². The number of hydrogen-bond donors (Lipinski definition) is 1. The summed E-state index contributed by atoms with van der Waals surface area (Å²) < 4.78 is 3.81. The topological polar surface area (TPSA) is 76.3 Å². The van der Waals surface area contributed by atoms with Crippen LogP contribution in [-0.4, -0.2) is 38.9 Å². The van der Waals surface area contributed by atoms with Crippen molar-refractivity contribution in [2.24, 2.45) is 5.92 Å². The minimum absolute atomic E-state index is 0.0516. The minimum atomic E-state index is -0.120. The maximum atomic E-state index is 13.1. The number of carbonyl (C=O) groups is 2. The van der Waals surface area contributed by atoms with E-state index in [1.54, 1.807) is 6.07 Å². The van der Waals surface area contributed by atoms with Gasteiger partial charge in [0.2, 0.25) is 11.8 Å². The molecule has 0 saturated carbocycles. The van der Waals surface area contributed by atoms with Gasteiger partial charge < -0.3 is 19.4 Å². The van der Waals surface area contributed by atoms with Crippen LogP contribution in [0.1, 0.15) is 25.0 Å². The molecule has 0 unspecified atom stereocenters. The number of likely N-dealkylation sites (tertiary alicyclic amines) is 1. The summed E-state index contributed by atoms with van der Waals surface area (Å²) in [6.45, 7) is 3.76. The van der Waals surface area contributed by atoms with Crippen molar-refractivity contribution in [3.8, 4) is 0 Å². The molecule has 1 fully saturated rings. The zero-order valence-electron chi connectivity index (χ0n) is 16.9.